The van der Waals surface area contributed by atoms with Crippen molar-refractivity contribution in [1.82, 2.24) is 9.80 Å². The minimum absolute atomic E-state index is 0.00650. The van der Waals surface area contributed by atoms with Gasteiger partial charge in [-0.2, -0.15) is 0 Å². The largest absolute Gasteiger partial charge is 0.350 e. The molecule has 0 saturated carbocycles. The molecule has 0 amide bonds. The Morgan fingerprint density at radius 3 is 1.61 bits per heavy atom. The number of rotatable bonds is 7. The number of hydrogen-bond donors (Lipinski definition) is 0. The van der Waals surface area contributed by atoms with Crippen LogP contribution in [0.15, 0.2) is 182 Å². The molecular formula is C60H62N4. The topological polar surface area (TPSA) is 13.0 Å². The Balaban J connectivity index is 1.04. The summed E-state index contributed by atoms with van der Waals surface area (Å²) >= 11 is 0. The number of anilines is 2. The first-order chi connectivity index (χ1) is 31.0. The summed E-state index contributed by atoms with van der Waals surface area (Å²) in [4.78, 5) is 11.3. The van der Waals surface area contributed by atoms with Crippen LogP contribution in [0.5, 0.6) is 0 Å². The number of fused-ring (bicyclic) bond motifs is 6. The van der Waals surface area contributed by atoms with Gasteiger partial charge in [0.1, 0.15) is 11.7 Å². The molecule has 2 saturated heterocycles. The van der Waals surface area contributed by atoms with Crippen LogP contribution in [0.2, 0.25) is 0 Å². The van der Waals surface area contributed by atoms with Crippen molar-refractivity contribution in [1.29, 1.82) is 0 Å². The van der Waals surface area contributed by atoms with Crippen molar-refractivity contribution < 1.29 is 0 Å². The number of para-hydroxylation sites is 1. The molecule has 0 spiro atoms. The van der Waals surface area contributed by atoms with Gasteiger partial charge >= 0.3 is 0 Å². The van der Waals surface area contributed by atoms with Crippen LogP contribution in [0.3, 0.4) is 0 Å². The van der Waals surface area contributed by atoms with Gasteiger partial charge < -0.3 is 9.80 Å². The summed E-state index contributed by atoms with van der Waals surface area (Å²) < 4.78 is 0. The second-order valence-corrected chi connectivity index (χ2v) is 20.5. The van der Waals surface area contributed by atoms with Gasteiger partial charge in [0, 0.05) is 23.5 Å². The van der Waals surface area contributed by atoms with Crippen molar-refractivity contribution in [2.24, 2.45) is 5.41 Å². The van der Waals surface area contributed by atoms with Gasteiger partial charge in [-0.3, -0.25) is 9.80 Å². The second-order valence-electron chi connectivity index (χ2n) is 20.5. The van der Waals surface area contributed by atoms with Crippen molar-refractivity contribution in [3.63, 3.8) is 0 Å². The predicted molar refractivity (Wildman–Crippen MR) is 265 cm³/mol. The lowest BCUT2D eigenvalue weighted by Crippen LogP contribution is -2.55. The maximum absolute atomic E-state index is 2.92. The van der Waals surface area contributed by atoms with E-state index in [-0.39, 0.29) is 41.4 Å². The third-order valence-electron chi connectivity index (χ3n) is 15.7. The molecule has 64 heavy (non-hydrogen) atoms. The van der Waals surface area contributed by atoms with E-state index in [1.807, 2.05) is 0 Å². The SMILES string of the molecule is Cc1cc(CC2(C)c3ccccc3C3[C@H](C)N(c4ccccc4C)C(C(C)(C)C)N32)ccc1N1C(c2ccccc2)N2C(c3ccccc3C2(c2ccccc2)c2ccccc2)[C@@H]1C. The number of nitrogens with zero attached hydrogens (tertiary/aromatic N) is 4. The van der Waals surface area contributed by atoms with E-state index in [0.717, 1.165) is 6.42 Å². The molecule has 0 radical (unpaired) electrons. The van der Waals surface area contributed by atoms with Crippen molar-refractivity contribution in [3.8, 4) is 0 Å². The quantitative estimate of drug-likeness (QED) is 0.159. The van der Waals surface area contributed by atoms with E-state index in [1.54, 1.807) is 0 Å². The molecule has 4 aliphatic rings. The first-order valence-corrected chi connectivity index (χ1v) is 23.6. The lowest BCUT2D eigenvalue weighted by Gasteiger charge is -2.48. The molecule has 4 heterocycles. The highest BCUT2D eigenvalue weighted by atomic mass is 15.5. The fourth-order valence-corrected chi connectivity index (χ4v) is 13.4. The van der Waals surface area contributed by atoms with Crippen LogP contribution in [0, 0.1) is 19.3 Å². The Labute approximate surface area is 381 Å². The van der Waals surface area contributed by atoms with Gasteiger partial charge in [0.15, 0.2) is 0 Å². The third-order valence-corrected chi connectivity index (χ3v) is 15.7. The molecule has 4 nitrogen and oxygen atoms in total. The smallest absolute Gasteiger partial charge is 0.110 e. The lowest BCUT2D eigenvalue weighted by molar-refractivity contribution is 0.0202. The van der Waals surface area contributed by atoms with Gasteiger partial charge in [-0.25, -0.2) is 0 Å². The van der Waals surface area contributed by atoms with E-state index in [2.05, 4.69) is 257 Å². The average molecular weight is 839 g/mol. The van der Waals surface area contributed by atoms with Crippen LogP contribution < -0.4 is 9.80 Å². The van der Waals surface area contributed by atoms with Crippen molar-refractivity contribution in [2.45, 2.75) is 109 Å². The summed E-state index contributed by atoms with van der Waals surface area (Å²) in [6.07, 6.45) is 1.09. The van der Waals surface area contributed by atoms with Crippen molar-refractivity contribution in [3.05, 3.63) is 238 Å². The first kappa shape index (κ1) is 40.8. The Morgan fingerprint density at radius 2 is 1.00 bits per heavy atom. The number of aryl methyl sites for hydroxylation is 2. The van der Waals surface area contributed by atoms with Crippen LogP contribution in [0.1, 0.15) is 115 Å². The molecule has 0 aromatic heterocycles. The summed E-state index contributed by atoms with van der Waals surface area (Å²) in [7, 11) is 0. The number of benzene rings is 7. The Kier molecular flexibility index (Phi) is 9.61. The number of hydrogen-bond acceptors (Lipinski definition) is 4. The standard InChI is InChI=1S/C60H62N4/c1-40-24-18-23-35-52(40)62-43(4)55-48-31-19-21-33-50(48)59(8,64(55)57(62)58(5,6)7)39-44-36-37-53(41(2)38-44)61-42(3)54-49-32-20-22-34-51(49)60(46-27-14-10-15-28-46,47-29-16-11-17-30-47)63(54)56(61)45-25-12-9-13-26-45/h9-38,42-43,54-57H,39H2,1-8H3/t42-,43-,54?,55?,56?,57?,59?/m0/s1. The molecule has 2 fully saturated rings. The molecule has 0 aliphatic carbocycles. The van der Waals surface area contributed by atoms with E-state index < -0.39 is 5.54 Å². The molecular weight excluding hydrogens is 777 g/mol. The van der Waals surface area contributed by atoms with Crippen LogP contribution in [0.4, 0.5) is 11.4 Å². The molecule has 4 heteroatoms. The summed E-state index contributed by atoms with van der Waals surface area (Å²) in [5.41, 5.74) is 15.6. The van der Waals surface area contributed by atoms with E-state index >= 15 is 0 Å². The minimum atomic E-state index is -0.509. The van der Waals surface area contributed by atoms with E-state index in [1.165, 1.54) is 67.0 Å². The summed E-state index contributed by atoms with van der Waals surface area (Å²) in [5.74, 6) is 0. The maximum atomic E-state index is 2.92. The highest BCUT2D eigenvalue weighted by Gasteiger charge is 2.63. The van der Waals surface area contributed by atoms with Crippen LogP contribution in [-0.2, 0) is 17.5 Å². The molecule has 7 atom stereocenters. The highest BCUT2D eigenvalue weighted by Crippen LogP contribution is 2.64. The Hall–Kier alpha value is -5.94. The van der Waals surface area contributed by atoms with Gasteiger partial charge in [-0.15, -0.1) is 0 Å². The zero-order valence-electron chi connectivity index (χ0n) is 38.8. The molecule has 322 valence electrons. The predicted octanol–water partition coefficient (Wildman–Crippen LogP) is 13.7. The van der Waals surface area contributed by atoms with Gasteiger partial charge in [0.2, 0.25) is 0 Å². The summed E-state index contributed by atoms with van der Waals surface area (Å²) in [6, 6.07) is 69.8. The van der Waals surface area contributed by atoms with Crippen LogP contribution in [-0.4, -0.2) is 28.0 Å². The van der Waals surface area contributed by atoms with Crippen molar-refractivity contribution in [2.75, 3.05) is 9.80 Å². The minimum Gasteiger partial charge on any atom is -0.350 e. The molecule has 0 bridgehead atoms. The zero-order valence-corrected chi connectivity index (χ0v) is 38.8. The van der Waals surface area contributed by atoms with Crippen molar-refractivity contribution >= 4 is 11.4 Å². The highest BCUT2D eigenvalue weighted by molar-refractivity contribution is 5.66. The van der Waals surface area contributed by atoms with E-state index in [9.17, 15) is 0 Å². The van der Waals surface area contributed by atoms with Gasteiger partial charge in [-0.1, -0.05) is 191 Å². The fraction of sp³-hybridized carbons (Fsp3) is 0.300. The third kappa shape index (κ3) is 5.81. The molecule has 0 N–H and O–H groups in total. The second kappa shape index (κ2) is 15.1. The fourth-order valence-electron chi connectivity index (χ4n) is 13.4. The molecule has 5 unspecified atom stereocenters. The molecule has 11 rings (SSSR count). The normalized spacial score (nSPS) is 25.9. The van der Waals surface area contributed by atoms with Crippen LogP contribution >= 0.6 is 0 Å². The Bertz CT molecular complexity index is 2790. The van der Waals surface area contributed by atoms with E-state index in [0.29, 0.717) is 6.04 Å². The summed E-state index contributed by atoms with van der Waals surface area (Å²) in [5, 5.41) is 0. The summed E-state index contributed by atoms with van der Waals surface area (Å²) in [6.45, 7) is 19.4. The monoisotopic (exact) mass is 838 g/mol. The average Bonchev–Trinajstić information content (AvgIpc) is 3.98. The molecule has 7 aromatic carbocycles. The van der Waals surface area contributed by atoms with Gasteiger partial charge in [0.05, 0.1) is 23.8 Å². The molecule has 7 aromatic rings. The van der Waals surface area contributed by atoms with Gasteiger partial charge in [0.25, 0.3) is 0 Å². The van der Waals surface area contributed by atoms with Gasteiger partial charge in [-0.05, 0) is 114 Å². The van der Waals surface area contributed by atoms with Crippen LogP contribution in [0.25, 0.3) is 0 Å². The maximum Gasteiger partial charge on any atom is 0.110 e. The van der Waals surface area contributed by atoms with E-state index in [4.69, 9.17) is 0 Å². The molecule has 4 aliphatic heterocycles. The Morgan fingerprint density at radius 1 is 0.500 bits per heavy atom. The first-order valence-electron chi connectivity index (χ1n) is 23.6. The zero-order chi connectivity index (χ0) is 44.1. The lowest BCUT2D eigenvalue weighted by atomic mass is 9.76.